The number of nitrogens with one attached hydrogen (secondary N) is 1. The smallest absolute Gasteiger partial charge is 0.311 e. The monoisotopic (exact) mass is 490 g/mol. The molecule has 0 radical (unpaired) electrons. The maximum Gasteiger partial charge on any atom is 0.311 e. The van der Waals surface area contributed by atoms with Gasteiger partial charge in [-0.3, -0.25) is 14.4 Å². The average molecular weight is 491 g/mol. The van der Waals surface area contributed by atoms with Crippen LogP contribution in [-0.2, 0) is 19.1 Å². The molecule has 0 aromatic heterocycles. The predicted molar refractivity (Wildman–Crippen MR) is 133 cm³/mol. The Morgan fingerprint density at radius 2 is 1.53 bits per heavy atom. The molecule has 9 heteroatoms. The summed E-state index contributed by atoms with van der Waals surface area (Å²) < 4.78 is 21.3. The van der Waals surface area contributed by atoms with Gasteiger partial charge < -0.3 is 29.2 Å². The number of hydrogen-bond acceptors (Lipinski definition) is 7. The number of hydrogen-bond donors (Lipinski definition) is 1. The highest BCUT2D eigenvalue weighted by Crippen LogP contribution is 2.30. The summed E-state index contributed by atoms with van der Waals surface area (Å²) in [5, 5.41) is 2.64. The maximum absolute atomic E-state index is 12.6. The number of anilines is 2. The van der Waals surface area contributed by atoms with Gasteiger partial charge in [0.25, 0.3) is 5.91 Å². The number of methoxy groups -OCH3 is 2. The number of carbonyl (C=O) groups excluding carboxylic acids is 3. The minimum atomic E-state index is -0.660. The summed E-state index contributed by atoms with van der Waals surface area (Å²) in [7, 11) is 3.09. The number of rotatable bonds is 9. The zero-order chi connectivity index (χ0) is 25.5. The average Bonchev–Trinajstić information content (AvgIpc) is 3.30. The third-order valence-electron chi connectivity index (χ3n) is 5.63. The molecule has 1 heterocycles. The van der Waals surface area contributed by atoms with Crippen molar-refractivity contribution in [3.8, 4) is 23.0 Å². The molecule has 1 fully saturated rings. The molecule has 0 spiro atoms. The number of esters is 1. The van der Waals surface area contributed by atoms with E-state index in [1.54, 1.807) is 79.9 Å². The second-order valence-corrected chi connectivity index (χ2v) is 8.03. The molecule has 1 N–H and O–H groups in total. The molecule has 4 rings (SSSR count). The third kappa shape index (κ3) is 5.93. The Morgan fingerprint density at radius 3 is 2.19 bits per heavy atom. The first-order valence-corrected chi connectivity index (χ1v) is 11.3. The van der Waals surface area contributed by atoms with Crippen LogP contribution in [0.5, 0.6) is 23.0 Å². The Bertz CT molecular complexity index is 1230. The largest absolute Gasteiger partial charge is 0.497 e. The van der Waals surface area contributed by atoms with Gasteiger partial charge in [0.1, 0.15) is 23.0 Å². The Kier molecular flexibility index (Phi) is 7.69. The summed E-state index contributed by atoms with van der Waals surface area (Å²) in [5.74, 6) is 0.531. The lowest BCUT2D eigenvalue weighted by Gasteiger charge is -2.17. The van der Waals surface area contributed by atoms with Crippen LogP contribution in [0.25, 0.3) is 0 Å². The van der Waals surface area contributed by atoms with Gasteiger partial charge in [0.2, 0.25) is 5.91 Å². The van der Waals surface area contributed by atoms with Crippen LogP contribution in [-0.4, -0.2) is 45.2 Å². The first kappa shape index (κ1) is 24.6. The first-order valence-electron chi connectivity index (χ1n) is 11.3. The third-order valence-corrected chi connectivity index (χ3v) is 5.63. The molecule has 1 atom stereocenters. The number of ether oxygens (including phenoxy) is 4. The fraction of sp³-hybridized carbons (Fsp3) is 0.222. The van der Waals surface area contributed by atoms with E-state index in [0.29, 0.717) is 28.6 Å². The highest BCUT2D eigenvalue weighted by molar-refractivity contribution is 6.00. The molecule has 2 amide bonds. The van der Waals surface area contributed by atoms with Crippen molar-refractivity contribution in [3.63, 3.8) is 0 Å². The number of amides is 2. The van der Waals surface area contributed by atoms with Gasteiger partial charge in [-0.15, -0.1) is 0 Å². The zero-order valence-electron chi connectivity index (χ0n) is 19.9. The normalized spacial score (nSPS) is 14.8. The summed E-state index contributed by atoms with van der Waals surface area (Å²) >= 11 is 0. The highest BCUT2D eigenvalue weighted by Gasteiger charge is 2.36. The van der Waals surface area contributed by atoms with E-state index >= 15 is 0 Å². The van der Waals surface area contributed by atoms with E-state index in [-0.39, 0.29) is 18.9 Å². The summed E-state index contributed by atoms with van der Waals surface area (Å²) in [6.07, 6.45) is 0.0110. The van der Waals surface area contributed by atoms with Crippen LogP contribution in [0.1, 0.15) is 6.42 Å². The Balaban J connectivity index is 1.29. The summed E-state index contributed by atoms with van der Waals surface area (Å²) in [6, 6.07) is 21.1. The van der Waals surface area contributed by atoms with Crippen molar-refractivity contribution < 1.29 is 33.3 Å². The SMILES string of the molecule is COc1ccc(Oc2ccc(N3C[C@@H](C(=O)OCC(=O)Nc4ccccc4OC)CC3=O)cc2)cc1. The lowest BCUT2D eigenvalue weighted by Crippen LogP contribution is -2.28. The van der Waals surface area contributed by atoms with Crippen molar-refractivity contribution in [1.82, 2.24) is 0 Å². The van der Waals surface area contributed by atoms with Gasteiger partial charge in [0.05, 0.1) is 25.8 Å². The van der Waals surface area contributed by atoms with Gasteiger partial charge >= 0.3 is 5.97 Å². The Hall–Kier alpha value is -4.53. The van der Waals surface area contributed by atoms with Crippen molar-refractivity contribution in [1.29, 1.82) is 0 Å². The summed E-state index contributed by atoms with van der Waals surface area (Å²) in [4.78, 5) is 38.8. The van der Waals surface area contributed by atoms with E-state index < -0.39 is 24.4 Å². The summed E-state index contributed by atoms with van der Waals surface area (Å²) in [6.45, 7) is -0.288. The minimum absolute atomic E-state index is 0.0110. The molecule has 3 aromatic carbocycles. The second-order valence-electron chi connectivity index (χ2n) is 8.03. The molecular formula is C27H26N2O7. The van der Waals surface area contributed by atoms with Gasteiger partial charge in [0.15, 0.2) is 6.61 Å². The minimum Gasteiger partial charge on any atom is -0.497 e. The second kappa shape index (κ2) is 11.3. The Labute approximate surface area is 208 Å². The van der Waals surface area contributed by atoms with Crippen molar-refractivity contribution in [3.05, 3.63) is 72.8 Å². The van der Waals surface area contributed by atoms with Crippen molar-refractivity contribution >= 4 is 29.2 Å². The fourth-order valence-electron chi connectivity index (χ4n) is 3.78. The molecule has 0 bridgehead atoms. The van der Waals surface area contributed by atoms with E-state index in [1.807, 2.05) is 0 Å². The molecule has 1 aliphatic rings. The van der Waals surface area contributed by atoms with Crippen LogP contribution >= 0.6 is 0 Å². The molecule has 186 valence electrons. The van der Waals surface area contributed by atoms with Crippen LogP contribution < -0.4 is 24.4 Å². The van der Waals surface area contributed by atoms with Crippen LogP contribution in [0.2, 0.25) is 0 Å². The van der Waals surface area contributed by atoms with Crippen molar-refractivity contribution in [2.45, 2.75) is 6.42 Å². The van der Waals surface area contributed by atoms with E-state index in [1.165, 1.54) is 12.0 Å². The molecule has 9 nitrogen and oxygen atoms in total. The molecule has 1 aliphatic heterocycles. The molecular weight excluding hydrogens is 464 g/mol. The van der Waals surface area contributed by atoms with E-state index in [2.05, 4.69) is 5.32 Å². The molecule has 0 aliphatic carbocycles. The zero-order valence-corrected chi connectivity index (χ0v) is 19.9. The maximum atomic E-state index is 12.6. The summed E-state index contributed by atoms with van der Waals surface area (Å²) in [5.41, 5.74) is 1.12. The van der Waals surface area contributed by atoms with E-state index in [9.17, 15) is 14.4 Å². The molecule has 1 saturated heterocycles. The molecule has 36 heavy (non-hydrogen) atoms. The fourth-order valence-corrected chi connectivity index (χ4v) is 3.78. The van der Waals surface area contributed by atoms with Gasteiger partial charge in [-0.1, -0.05) is 12.1 Å². The predicted octanol–water partition coefficient (Wildman–Crippen LogP) is 4.03. The number of para-hydroxylation sites is 2. The molecule has 0 saturated carbocycles. The first-order chi connectivity index (χ1) is 17.5. The van der Waals surface area contributed by atoms with Gasteiger partial charge in [-0.2, -0.15) is 0 Å². The topological polar surface area (TPSA) is 103 Å². The van der Waals surface area contributed by atoms with Crippen LogP contribution in [0.3, 0.4) is 0 Å². The van der Waals surface area contributed by atoms with Gasteiger partial charge in [-0.05, 0) is 60.7 Å². The van der Waals surface area contributed by atoms with Gasteiger partial charge in [-0.25, -0.2) is 0 Å². The molecule has 0 unspecified atom stereocenters. The van der Waals surface area contributed by atoms with Gasteiger partial charge in [0, 0.05) is 18.7 Å². The number of nitrogens with zero attached hydrogens (tertiary/aromatic N) is 1. The number of carbonyl (C=O) groups is 3. The lowest BCUT2D eigenvalue weighted by molar-refractivity contribution is -0.151. The quantitative estimate of drug-likeness (QED) is 0.452. The van der Waals surface area contributed by atoms with Crippen LogP contribution in [0.15, 0.2) is 72.8 Å². The van der Waals surface area contributed by atoms with E-state index in [4.69, 9.17) is 18.9 Å². The van der Waals surface area contributed by atoms with Crippen LogP contribution in [0.4, 0.5) is 11.4 Å². The van der Waals surface area contributed by atoms with Crippen molar-refractivity contribution in [2.24, 2.45) is 5.92 Å². The standard InChI is InChI=1S/C27H26N2O7/c1-33-20-11-13-22(14-12-20)36-21-9-7-19(8-10-21)29-16-18(15-26(29)31)27(32)35-17-25(30)28-23-5-3-4-6-24(23)34-2/h3-14,18H,15-17H2,1-2H3,(H,28,30)/t18-/m0/s1. The molecule has 3 aromatic rings. The van der Waals surface area contributed by atoms with E-state index in [0.717, 1.165) is 5.75 Å². The lowest BCUT2D eigenvalue weighted by atomic mass is 10.1. The van der Waals surface area contributed by atoms with Crippen molar-refractivity contribution in [2.75, 3.05) is 37.6 Å². The number of benzene rings is 3. The highest BCUT2D eigenvalue weighted by atomic mass is 16.5. The van der Waals surface area contributed by atoms with Crippen LogP contribution in [0, 0.1) is 5.92 Å². The Morgan fingerprint density at radius 1 is 0.889 bits per heavy atom.